The maximum Gasteiger partial charge on any atom is 0.359 e. The molecule has 0 spiro atoms. The number of benzene rings is 2. The molecule has 3 aromatic rings. The molecule has 0 fully saturated rings. The number of carbonyl (C=O) groups excluding carboxylic acids is 2. The van der Waals surface area contributed by atoms with Gasteiger partial charge in [-0.2, -0.15) is 5.10 Å². The zero-order valence-corrected chi connectivity index (χ0v) is 18.7. The smallest absolute Gasteiger partial charge is 0.359 e. The third-order valence-corrected chi connectivity index (χ3v) is 4.89. The maximum atomic E-state index is 12.7. The number of fused-ring (bicyclic) bond motifs is 1. The number of nitrogens with one attached hydrogen (secondary N) is 1. The summed E-state index contributed by atoms with van der Waals surface area (Å²) in [5.41, 5.74) is -0.0728. The highest BCUT2D eigenvalue weighted by atomic mass is 35.5. The van der Waals surface area contributed by atoms with E-state index in [1.54, 1.807) is 38.1 Å². The first-order valence-electron chi connectivity index (χ1n) is 9.66. The summed E-state index contributed by atoms with van der Waals surface area (Å²) in [6, 6.07) is 9.32. The Kier molecular flexibility index (Phi) is 6.99. The molecule has 0 atom stereocenters. The second-order valence-corrected chi connectivity index (χ2v) is 7.46. The van der Waals surface area contributed by atoms with Crippen molar-refractivity contribution < 1.29 is 23.8 Å². The largest absolute Gasteiger partial charge is 0.495 e. The molecule has 9 nitrogen and oxygen atoms in total. The highest BCUT2D eigenvalue weighted by Crippen LogP contribution is 2.35. The Morgan fingerprint density at radius 2 is 1.75 bits per heavy atom. The number of amides is 1. The predicted octanol–water partition coefficient (Wildman–Crippen LogP) is 3.44. The fraction of sp³-hybridized carbons (Fsp3) is 0.273. The molecule has 168 valence electrons. The van der Waals surface area contributed by atoms with Gasteiger partial charge in [0, 0.05) is 11.5 Å². The van der Waals surface area contributed by atoms with Crippen LogP contribution in [0.2, 0.25) is 5.02 Å². The van der Waals surface area contributed by atoms with Crippen LogP contribution in [0.25, 0.3) is 10.8 Å². The molecule has 3 rings (SSSR count). The van der Waals surface area contributed by atoms with Crippen LogP contribution in [0, 0.1) is 0 Å². The van der Waals surface area contributed by atoms with Gasteiger partial charge in [-0.25, -0.2) is 9.48 Å². The number of aromatic nitrogens is 2. The predicted molar refractivity (Wildman–Crippen MR) is 120 cm³/mol. The summed E-state index contributed by atoms with van der Waals surface area (Å²) in [5.74, 6) is -0.737. The molecule has 1 heterocycles. The van der Waals surface area contributed by atoms with Crippen LogP contribution >= 0.6 is 11.6 Å². The first-order chi connectivity index (χ1) is 15.3. The van der Waals surface area contributed by atoms with E-state index in [1.165, 1.54) is 31.0 Å². The van der Waals surface area contributed by atoms with Gasteiger partial charge in [-0.3, -0.25) is 9.59 Å². The van der Waals surface area contributed by atoms with Crippen molar-refractivity contribution in [2.75, 3.05) is 26.1 Å². The van der Waals surface area contributed by atoms with E-state index in [9.17, 15) is 14.4 Å². The van der Waals surface area contributed by atoms with Crippen molar-refractivity contribution in [2.45, 2.75) is 19.9 Å². The molecule has 0 aliphatic heterocycles. The summed E-state index contributed by atoms with van der Waals surface area (Å²) >= 11 is 6.10. The summed E-state index contributed by atoms with van der Waals surface area (Å²) in [5, 5.41) is 7.71. The Morgan fingerprint density at radius 1 is 1.09 bits per heavy atom. The number of halogens is 1. The minimum Gasteiger partial charge on any atom is -0.495 e. The Morgan fingerprint density at radius 3 is 2.38 bits per heavy atom. The number of rotatable bonds is 7. The number of hydrogen-bond acceptors (Lipinski definition) is 7. The van der Waals surface area contributed by atoms with Crippen LogP contribution in [0.5, 0.6) is 11.5 Å². The van der Waals surface area contributed by atoms with Crippen LogP contribution in [-0.4, -0.2) is 42.5 Å². The molecule has 1 N–H and O–H groups in total. The van der Waals surface area contributed by atoms with E-state index < -0.39 is 18.5 Å². The fourth-order valence-corrected chi connectivity index (χ4v) is 3.29. The number of hydrogen-bond donors (Lipinski definition) is 1. The van der Waals surface area contributed by atoms with Crippen LogP contribution in [0.1, 0.15) is 30.4 Å². The van der Waals surface area contributed by atoms with Crippen molar-refractivity contribution >= 4 is 39.9 Å². The van der Waals surface area contributed by atoms with E-state index in [1.807, 2.05) is 0 Å². The van der Waals surface area contributed by atoms with Crippen molar-refractivity contribution in [2.24, 2.45) is 0 Å². The summed E-state index contributed by atoms with van der Waals surface area (Å²) in [7, 11) is 2.89. The average molecular weight is 460 g/mol. The molecule has 0 saturated heterocycles. The Hall–Kier alpha value is -3.59. The second kappa shape index (κ2) is 9.69. The lowest BCUT2D eigenvalue weighted by Gasteiger charge is -2.14. The average Bonchev–Trinajstić information content (AvgIpc) is 2.78. The van der Waals surface area contributed by atoms with Crippen LogP contribution in [-0.2, 0) is 9.53 Å². The zero-order chi connectivity index (χ0) is 23.4. The highest BCUT2D eigenvalue weighted by Gasteiger charge is 2.20. The molecule has 0 radical (unpaired) electrons. The summed E-state index contributed by atoms with van der Waals surface area (Å²) in [6.45, 7) is 2.97. The summed E-state index contributed by atoms with van der Waals surface area (Å²) in [4.78, 5) is 37.7. The fourth-order valence-electron chi connectivity index (χ4n) is 3.05. The third kappa shape index (κ3) is 4.67. The van der Waals surface area contributed by atoms with E-state index >= 15 is 0 Å². The molecule has 0 aliphatic rings. The van der Waals surface area contributed by atoms with Gasteiger partial charge in [0.25, 0.3) is 11.5 Å². The number of methoxy groups -OCH3 is 2. The van der Waals surface area contributed by atoms with Gasteiger partial charge in [0.05, 0.1) is 36.4 Å². The van der Waals surface area contributed by atoms with Gasteiger partial charge in [0.15, 0.2) is 12.3 Å². The molecule has 10 heteroatoms. The van der Waals surface area contributed by atoms with Crippen molar-refractivity contribution in [1.82, 2.24) is 9.78 Å². The van der Waals surface area contributed by atoms with Gasteiger partial charge in [0.1, 0.15) is 11.5 Å². The van der Waals surface area contributed by atoms with E-state index in [0.29, 0.717) is 22.3 Å². The summed E-state index contributed by atoms with van der Waals surface area (Å²) < 4.78 is 16.7. The van der Waals surface area contributed by atoms with Crippen LogP contribution in [0.3, 0.4) is 0 Å². The van der Waals surface area contributed by atoms with E-state index in [4.69, 9.17) is 25.8 Å². The van der Waals surface area contributed by atoms with E-state index in [0.717, 1.165) is 0 Å². The number of carbonyl (C=O) groups is 2. The Bertz CT molecular complexity index is 1240. The lowest BCUT2D eigenvalue weighted by atomic mass is 10.1. The molecule has 0 unspecified atom stereocenters. The monoisotopic (exact) mass is 459 g/mol. The van der Waals surface area contributed by atoms with Crippen LogP contribution in [0.15, 0.2) is 41.2 Å². The molecule has 0 aliphatic carbocycles. The lowest BCUT2D eigenvalue weighted by molar-refractivity contribution is -0.119. The SMILES string of the molecule is COc1cc(OC)c(NC(=O)COC(=O)c2nn(C(C)C)c(=O)c3ccccc23)cc1Cl. The van der Waals surface area contributed by atoms with Gasteiger partial charge in [-0.05, 0) is 26.0 Å². The van der Waals surface area contributed by atoms with E-state index in [-0.39, 0.29) is 28.0 Å². The van der Waals surface area contributed by atoms with Gasteiger partial charge in [-0.1, -0.05) is 29.8 Å². The van der Waals surface area contributed by atoms with Gasteiger partial charge in [-0.15, -0.1) is 0 Å². The van der Waals surface area contributed by atoms with E-state index in [2.05, 4.69) is 10.4 Å². The van der Waals surface area contributed by atoms with Crippen LogP contribution in [0.4, 0.5) is 5.69 Å². The van der Waals surface area contributed by atoms with Crippen molar-refractivity contribution in [1.29, 1.82) is 0 Å². The second-order valence-electron chi connectivity index (χ2n) is 7.05. The van der Waals surface area contributed by atoms with Gasteiger partial charge >= 0.3 is 5.97 Å². The Labute approximate surface area is 188 Å². The van der Waals surface area contributed by atoms with Gasteiger partial charge in [0.2, 0.25) is 0 Å². The highest BCUT2D eigenvalue weighted by molar-refractivity contribution is 6.32. The van der Waals surface area contributed by atoms with Crippen molar-refractivity contribution in [3.8, 4) is 11.5 Å². The third-order valence-electron chi connectivity index (χ3n) is 4.59. The lowest BCUT2D eigenvalue weighted by Crippen LogP contribution is -2.28. The standard InChI is InChI=1S/C22H22ClN3O6/c1-12(2)26-21(28)14-8-6-5-7-13(14)20(25-26)22(29)32-11-19(27)24-16-9-15(23)17(30-3)10-18(16)31-4/h5-10,12H,11H2,1-4H3,(H,24,27). The normalized spacial score (nSPS) is 10.8. The molecule has 2 aromatic carbocycles. The molecular weight excluding hydrogens is 438 g/mol. The summed E-state index contributed by atoms with van der Waals surface area (Å²) in [6.07, 6.45) is 0. The van der Waals surface area contributed by atoms with Crippen LogP contribution < -0.4 is 20.3 Å². The topological polar surface area (TPSA) is 109 Å². The molecular formula is C22H22ClN3O6. The molecule has 0 bridgehead atoms. The number of anilines is 1. The number of nitrogens with zero attached hydrogens (tertiary/aromatic N) is 2. The number of ether oxygens (including phenoxy) is 3. The molecule has 0 saturated carbocycles. The first-order valence-corrected chi connectivity index (χ1v) is 10.0. The molecule has 1 aromatic heterocycles. The van der Waals surface area contributed by atoms with Crippen molar-refractivity contribution in [3.05, 3.63) is 57.5 Å². The zero-order valence-electron chi connectivity index (χ0n) is 18.0. The van der Waals surface area contributed by atoms with Crippen molar-refractivity contribution in [3.63, 3.8) is 0 Å². The first kappa shape index (κ1) is 23.1. The van der Waals surface area contributed by atoms with Gasteiger partial charge < -0.3 is 19.5 Å². The molecule has 1 amide bonds. The quantitative estimate of drug-likeness (QED) is 0.539. The minimum atomic E-state index is -0.828. The minimum absolute atomic E-state index is 0.0493. The maximum absolute atomic E-state index is 12.7. The number of esters is 1. The molecule has 32 heavy (non-hydrogen) atoms. The Balaban J connectivity index is 1.80.